The van der Waals surface area contributed by atoms with Crippen LogP contribution >= 0.6 is 0 Å². The number of esters is 1. The van der Waals surface area contributed by atoms with Gasteiger partial charge in [0.1, 0.15) is 6.10 Å². The van der Waals surface area contributed by atoms with Gasteiger partial charge in [0.2, 0.25) is 0 Å². The summed E-state index contributed by atoms with van der Waals surface area (Å²) in [5.41, 5.74) is 1.09. The molecule has 4 heteroatoms. The second-order valence-electron chi connectivity index (χ2n) is 15.5. The number of ether oxygens (including phenoxy) is 1. The Morgan fingerprint density at radius 3 is 2.28 bits per heavy atom. The molecule has 204 valence electrons. The van der Waals surface area contributed by atoms with Crippen LogP contribution in [0.5, 0.6) is 0 Å². The maximum atomic E-state index is 12.1. The van der Waals surface area contributed by atoms with Crippen LogP contribution in [0.1, 0.15) is 107 Å². The van der Waals surface area contributed by atoms with E-state index in [4.69, 9.17) is 4.74 Å². The minimum atomic E-state index is -0.611. The van der Waals surface area contributed by atoms with Gasteiger partial charge in [0, 0.05) is 30.1 Å². The second-order valence-corrected chi connectivity index (χ2v) is 15.5. The van der Waals surface area contributed by atoms with Gasteiger partial charge in [0.15, 0.2) is 0 Å². The van der Waals surface area contributed by atoms with Gasteiger partial charge in [-0.2, -0.15) is 0 Å². The molecular weight excluding hydrogens is 448 g/mol. The lowest BCUT2D eigenvalue weighted by atomic mass is 9.32. The summed E-state index contributed by atoms with van der Waals surface area (Å²) in [6.07, 6.45) is 8.32. The van der Waals surface area contributed by atoms with Crippen molar-refractivity contribution in [3.8, 4) is 0 Å². The SMILES string of the molecule is CC(=O)OC1CC(O)C2(C)C(CCC3(C)C2C(O)C=C2C4C(C)C(C)CCC4(C)CCC23C)C1(C)C. The highest BCUT2D eigenvalue weighted by atomic mass is 16.5. The summed E-state index contributed by atoms with van der Waals surface area (Å²) in [6, 6.07) is 0. The number of aliphatic hydroxyl groups excluding tert-OH is 2. The Hall–Kier alpha value is -0.870. The molecule has 0 amide bonds. The monoisotopic (exact) mass is 500 g/mol. The van der Waals surface area contributed by atoms with Gasteiger partial charge in [-0.05, 0) is 78.4 Å². The quantitative estimate of drug-likeness (QED) is 0.317. The van der Waals surface area contributed by atoms with Crippen LogP contribution in [0.2, 0.25) is 0 Å². The number of aliphatic hydroxyl groups is 2. The largest absolute Gasteiger partial charge is 0.462 e. The minimum Gasteiger partial charge on any atom is -0.462 e. The van der Waals surface area contributed by atoms with E-state index in [9.17, 15) is 15.0 Å². The van der Waals surface area contributed by atoms with Gasteiger partial charge in [-0.25, -0.2) is 0 Å². The molecule has 0 heterocycles. The lowest BCUT2D eigenvalue weighted by Crippen LogP contribution is -2.71. The van der Waals surface area contributed by atoms with Gasteiger partial charge < -0.3 is 14.9 Å². The summed E-state index contributed by atoms with van der Waals surface area (Å²) in [4.78, 5) is 11.9. The molecule has 36 heavy (non-hydrogen) atoms. The Morgan fingerprint density at radius 1 is 0.972 bits per heavy atom. The number of rotatable bonds is 1. The van der Waals surface area contributed by atoms with E-state index in [0.29, 0.717) is 29.6 Å². The predicted molar refractivity (Wildman–Crippen MR) is 143 cm³/mol. The van der Waals surface area contributed by atoms with Crippen molar-refractivity contribution in [1.29, 1.82) is 0 Å². The molecule has 4 saturated carbocycles. The van der Waals surface area contributed by atoms with Crippen molar-refractivity contribution in [2.45, 2.75) is 126 Å². The topological polar surface area (TPSA) is 66.8 Å². The Balaban J connectivity index is 1.62. The standard InChI is InChI=1S/C32H52O4/c1-18-10-12-29(6)14-15-30(7)21(26(29)19(18)2)16-22(34)27-31(30,8)13-11-23-28(4,5)25(36-20(3)33)17-24(35)32(23,27)9/h16,18-19,22-27,34-35H,10-15,17H2,1-9H3. The Kier molecular flexibility index (Phi) is 5.99. The summed E-state index contributed by atoms with van der Waals surface area (Å²) in [7, 11) is 0. The Bertz CT molecular complexity index is 954. The van der Waals surface area contributed by atoms with Crippen LogP contribution in [0, 0.1) is 56.7 Å². The Labute approximate surface area is 219 Å². The molecule has 5 aliphatic carbocycles. The molecule has 0 saturated heterocycles. The van der Waals surface area contributed by atoms with Crippen LogP contribution < -0.4 is 0 Å². The molecular formula is C32H52O4. The zero-order valence-electron chi connectivity index (χ0n) is 24.4. The Morgan fingerprint density at radius 2 is 1.64 bits per heavy atom. The predicted octanol–water partition coefficient (Wildman–Crippen LogP) is 6.54. The van der Waals surface area contributed by atoms with Gasteiger partial charge in [0.05, 0.1) is 12.2 Å². The molecule has 0 aromatic heterocycles. The first-order valence-electron chi connectivity index (χ1n) is 14.8. The molecule has 5 aliphatic rings. The van der Waals surface area contributed by atoms with Crippen LogP contribution in [0.15, 0.2) is 11.6 Å². The van der Waals surface area contributed by atoms with E-state index in [1.807, 2.05) is 0 Å². The van der Waals surface area contributed by atoms with Crippen molar-refractivity contribution < 1.29 is 19.7 Å². The van der Waals surface area contributed by atoms with Crippen LogP contribution in [0.25, 0.3) is 0 Å². The fourth-order valence-corrected chi connectivity index (χ4v) is 11.3. The summed E-state index contributed by atoms with van der Waals surface area (Å²) < 4.78 is 5.78. The van der Waals surface area contributed by atoms with Crippen molar-refractivity contribution in [2.75, 3.05) is 0 Å². The smallest absolute Gasteiger partial charge is 0.302 e. The van der Waals surface area contributed by atoms with Crippen molar-refractivity contribution in [2.24, 2.45) is 56.7 Å². The normalized spacial score (nSPS) is 55.8. The molecule has 0 spiro atoms. The van der Waals surface area contributed by atoms with Gasteiger partial charge in [0.25, 0.3) is 0 Å². The molecule has 12 atom stereocenters. The van der Waals surface area contributed by atoms with Crippen molar-refractivity contribution in [3.63, 3.8) is 0 Å². The zero-order valence-corrected chi connectivity index (χ0v) is 24.4. The zero-order chi connectivity index (χ0) is 26.6. The van der Waals surface area contributed by atoms with Gasteiger partial charge >= 0.3 is 5.97 Å². The van der Waals surface area contributed by atoms with Gasteiger partial charge in [-0.15, -0.1) is 0 Å². The summed E-state index contributed by atoms with van der Waals surface area (Å²) in [5.74, 6) is 1.74. The third-order valence-electron chi connectivity index (χ3n) is 13.7. The average Bonchev–Trinajstić information content (AvgIpc) is 2.76. The molecule has 0 aromatic rings. The third-order valence-corrected chi connectivity index (χ3v) is 13.7. The van der Waals surface area contributed by atoms with Crippen LogP contribution in [0.4, 0.5) is 0 Å². The number of hydrogen-bond donors (Lipinski definition) is 2. The van der Waals surface area contributed by atoms with E-state index < -0.39 is 17.6 Å². The fraction of sp³-hybridized carbons (Fsp3) is 0.906. The molecule has 0 aliphatic heterocycles. The van der Waals surface area contributed by atoms with E-state index in [0.717, 1.165) is 12.8 Å². The van der Waals surface area contributed by atoms with Crippen LogP contribution in [-0.4, -0.2) is 34.5 Å². The maximum absolute atomic E-state index is 12.1. The molecule has 4 fully saturated rings. The molecule has 2 N–H and O–H groups in total. The molecule has 0 bridgehead atoms. The van der Waals surface area contributed by atoms with E-state index in [1.54, 1.807) is 0 Å². The van der Waals surface area contributed by atoms with Crippen LogP contribution in [0.3, 0.4) is 0 Å². The lowest BCUT2D eigenvalue weighted by Gasteiger charge is -2.72. The first kappa shape index (κ1) is 26.7. The van der Waals surface area contributed by atoms with E-state index in [1.165, 1.54) is 38.2 Å². The van der Waals surface area contributed by atoms with E-state index >= 15 is 0 Å². The van der Waals surface area contributed by atoms with Gasteiger partial charge in [-0.1, -0.05) is 67.0 Å². The summed E-state index contributed by atoms with van der Waals surface area (Å²) in [5, 5.41) is 23.9. The summed E-state index contributed by atoms with van der Waals surface area (Å²) >= 11 is 0. The average molecular weight is 501 g/mol. The van der Waals surface area contributed by atoms with E-state index in [2.05, 4.69) is 61.5 Å². The summed E-state index contributed by atoms with van der Waals surface area (Å²) in [6.45, 7) is 20.5. The molecule has 0 radical (unpaired) electrons. The minimum absolute atomic E-state index is 0.0225. The number of carbonyl (C=O) groups is 1. The number of carbonyl (C=O) groups excluding carboxylic acids is 1. The van der Waals surface area contributed by atoms with Gasteiger partial charge in [-0.3, -0.25) is 4.79 Å². The van der Waals surface area contributed by atoms with Crippen LogP contribution in [-0.2, 0) is 9.53 Å². The molecule has 5 rings (SSSR count). The molecule has 12 unspecified atom stereocenters. The number of fused-ring (bicyclic) bond motifs is 7. The first-order valence-corrected chi connectivity index (χ1v) is 14.8. The molecule has 4 nitrogen and oxygen atoms in total. The third kappa shape index (κ3) is 3.22. The van der Waals surface area contributed by atoms with Crippen molar-refractivity contribution >= 4 is 5.97 Å². The fourth-order valence-electron chi connectivity index (χ4n) is 11.3. The highest BCUT2D eigenvalue weighted by Gasteiger charge is 2.72. The highest BCUT2D eigenvalue weighted by Crippen LogP contribution is 2.75. The first-order chi connectivity index (χ1) is 16.5. The maximum Gasteiger partial charge on any atom is 0.302 e. The van der Waals surface area contributed by atoms with Crippen molar-refractivity contribution in [3.05, 3.63) is 11.6 Å². The van der Waals surface area contributed by atoms with Crippen molar-refractivity contribution in [1.82, 2.24) is 0 Å². The second kappa shape index (κ2) is 8.07. The van der Waals surface area contributed by atoms with E-state index in [-0.39, 0.29) is 40.2 Å². The number of hydrogen-bond acceptors (Lipinski definition) is 4. The number of allylic oxidation sites excluding steroid dienone is 1. The lowest BCUT2D eigenvalue weighted by molar-refractivity contribution is -0.263. The highest BCUT2D eigenvalue weighted by molar-refractivity contribution is 5.66. The molecule has 0 aromatic carbocycles.